The van der Waals surface area contributed by atoms with Gasteiger partial charge in [-0.1, -0.05) is 29.8 Å². The number of anilines is 1. The third kappa shape index (κ3) is 3.05. The average Bonchev–Trinajstić information content (AvgIpc) is 3.38. The maximum atomic E-state index is 13.6. The van der Waals surface area contributed by atoms with E-state index in [0.717, 1.165) is 11.8 Å². The summed E-state index contributed by atoms with van der Waals surface area (Å²) in [5, 5.41) is 5.88. The summed E-state index contributed by atoms with van der Waals surface area (Å²) in [5.41, 5.74) is 1.42. The molecule has 1 unspecified atom stereocenters. The van der Waals surface area contributed by atoms with Crippen LogP contribution in [0.3, 0.4) is 0 Å². The molecule has 0 saturated carbocycles. The second-order valence-corrected chi connectivity index (χ2v) is 9.57. The van der Waals surface area contributed by atoms with E-state index in [1.807, 2.05) is 30.3 Å². The topological polar surface area (TPSA) is 107 Å². The van der Waals surface area contributed by atoms with Gasteiger partial charge in [0, 0.05) is 12.7 Å². The van der Waals surface area contributed by atoms with E-state index in [0.29, 0.717) is 45.0 Å². The van der Waals surface area contributed by atoms with Crippen LogP contribution < -0.4 is 10.5 Å². The van der Waals surface area contributed by atoms with Gasteiger partial charge in [0.15, 0.2) is 10.7 Å². The van der Waals surface area contributed by atoms with Crippen LogP contribution in [0, 0.1) is 0 Å². The van der Waals surface area contributed by atoms with Crippen molar-refractivity contribution in [1.82, 2.24) is 29.1 Å². The molecule has 166 valence electrons. The van der Waals surface area contributed by atoms with E-state index >= 15 is 0 Å². The Bertz CT molecular complexity index is 1560. The maximum absolute atomic E-state index is 13.6. The molecule has 1 aromatic carbocycles. The van der Waals surface area contributed by atoms with Gasteiger partial charge in [0.1, 0.15) is 35.0 Å². The first kappa shape index (κ1) is 20.3. The number of fused-ring (bicyclic) bond motifs is 2. The molecule has 2 atom stereocenters. The van der Waals surface area contributed by atoms with Crippen LogP contribution in [0.4, 0.5) is 5.82 Å². The lowest BCUT2D eigenvalue weighted by Gasteiger charge is -2.42. The second kappa shape index (κ2) is 7.62. The average molecular weight is 480 g/mol. The first-order chi connectivity index (χ1) is 16.0. The van der Waals surface area contributed by atoms with Crippen LogP contribution in [0.25, 0.3) is 22.2 Å². The van der Waals surface area contributed by atoms with Crippen molar-refractivity contribution >= 4 is 45.1 Å². The van der Waals surface area contributed by atoms with Crippen molar-refractivity contribution in [1.29, 1.82) is 0 Å². The van der Waals surface area contributed by atoms with Gasteiger partial charge in [-0.3, -0.25) is 9.36 Å². The number of rotatable bonds is 4. The van der Waals surface area contributed by atoms with Gasteiger partial charge in [0.2, 0.25) is 0 Å². The van der Waals surface area contributed by atoms with Gasteiger partial charge in [-0.25, -0.2) is 14.5 Å². The summed E-state index contributed by atoms with van der Waals surface area (Å²) in [6.45, 7) is 0.715. The molecule has 4 aromatic heterocycles. The molecule has 11 heteroatoms. The Balaban J connectivity index is 1.56. The van der Waals surface area contributed by atoms with Crippen LogP contribution in [0.2, 0.25) is 5.02 Å². The molecule has 1 N–H and O–H groups in total. The fraction of sp³-hybridized carbons (Fsp3) is 0.182. The zero-order valence-corrected chi connectivity index (χ0v) is 19.0. The predicted molar refractivity (Wildman–Crippen MR) is 127 cm³/mol. The minimum Gasteiger partial charge on any atom is -0.612 e. The van der Waals surface area contributed by atoms with E-state index in [9.17, 15) is 9.35 Å². The molecule has 5 heterocycles. The summed E-state index contributed by atoms with van der Waals surface area (Å²) in [4.78, 5) is 28.2. The Kier molecular flexibility index (Phi) is 4.68. The number of nitrogens with zero attached hydrogens (tertiary/aromatic N) is 6. The lowest BCUT2D eigenvalue weighted by atomic mass is 10.0. The van der Waals surface area contributed by atoms with Gasteiger partial charge in [-0.2, -0.15) is 5.10 Å². The van der Waals surface area contributed by atoms with E-state index in [1.54, 1.807) is 29.3 Å². The zero-order valence-electron chi connectivity index (χ0n) is 17.5. The number of halogens is 1. The molecule has 0 aliphatic carbocycles. The summed E-state index contributed by atoms with van der Waals surface area (Å²) in [5.74, 6) is 1.25. The van der Waals surface area contributed by atoms with E-state index in [-0.39, 0.29) is 11.6 Å². The summed E-state index contributed by atoms with van der Waals surface area (Å²) in [7, 11) is 0. The first-order valence-electron chi connectivity index (χ1n) is 10.3. The zero-order chi connectivity index (χ0) is 22.7. The van der Waals surface area contributed by atoms with Crippen LogP contribution in [-0.2, 0) is 11.2 Å². The molecule has 0 amide bonds. The van der Waals surface area contributed by atoms with Crippen LogP contribution >= 0.6 is 11.6 Å². The fourth-order valence-electron chi connectivity index (χ4n) is 4.36. The number of hydrogen-bond acceptors (Lipinski definition) is 6. The molecule has 6 rings (SSSR count). The number of nitrogens with one attached hydrogen (secondary N) is 1. The number of aromatic nitrogens is 6. The maximum Gasteiger partial charge on any atom is 0.284 e. The quantitative estimate of drug-likeness (QED) is 0.397. The van der Waals surface area contributed by atoms with Gasteiger partial charge in [0.05, 0.1) is 22.9 Å². The third-order valence-electron chi connectivity index (χ3n) is 5.99. The normalized spacial score (nSPS) is 16.9. The highest BCUT2D eigenvalue weighted by Gasteiger charge is 2.37. The Labute approximate surface area is 195 Å². The standard InChI is InChI=1S/C22H18ClN7O2S/c1-33(32)16-11-24-19-17(16)21(26-12-25-19)28-9-8-15(28)20-27-29-10-7-14(23)18(29)22(31)30(20)13-5-3-2-4-6-13/h2-7,10-12,15H,8-9H2,1H3,(H,24,25,26)/t15-,33?/m0/s1. The molecule has 1 saturated heterocycles. The molecule has 9 nitrogen and oxygen atoms in total. The summed E-state index contributed by atoms with van der Waals surface area (Å²) < 4.78 is 15.5. The summed E-state index contributed by atoms with van der Waals surface area (Å²) >= 11 is 5.09. The minimum atomic E-state index is -1.21. The van der Waals surface area contributed by atoms with Crippen LogP contribution in [0.1, 0.15) is 18.3 Å². The Hall–Kier alpha value is -3.34. The largest absolute Gasteiger partial charge is 0.612 e. The number of hydrogen-bond donors (Lipinski definition) is 1. The molecule has 1 aliphatic rings. The number of H-pyrrole nitrogens is 1. The molecule has 1 fully saturated rings. The highest BCUT2D eigenvalue weighted by Crippen LogP contribution is 2.40. The van der Waals surface area contributed by atoms with Crippen molar-refractivity contribution < 1.29 is 4.55 Å². The molecule has 0 radical (unpaired) electrons. The smallest absolute Gasteiger partial charge is 0.284 e. The lowest BCUT2D eigenvalue weighted by molar-refractivity contribution is 0.424. The first-order valence-corrected chi connectivity index (χ1v) is 12.3. The summed E-state index contributed by atoms with van der Waals surface area (Å²) in [6, 6.07) is 10.9. The van der Waals surface area contributed by atoms with Gasteiger partial charge in [-0.15, -0.1) is 0 Å². The minimum absolute atomic E-state index is 0.213. The number of para-hydroxylation sites is 1. The SMILES string of the molecule is C[S+]([O-])c1c[nH]c2ncnc(N3CC[C@H]3c3nn4ccc(Cl)c4c(=O)n3-c3ccccc3)c12. The van der Waals surface area contributed by atoms with E-state index < -0.39 is 11.2 Å². The van der Waals surface area contributed by atoms with Crippen molar-refractivity contribution in [2.75, 3.05) is 17.7 Å². The fourth-order valence-corrected chi connectivity index (χ4v) is 5.29. The molecular formula is C22H18ClN7O2S. The molecule has 1 aliphatic heterocycles. The highest BCUT2D eigenvalue weighted by molar-refractivity contribution is 7.91. The highest BCUT2D eigenvalue weighted by atomic mass is 35.5. The van der Waals surface area contributed by atoms with Gasteiger partial charge in [-0.05, 0) is 35.8 Å². The lowest BCUT2D eigenvalue weighted by Crippen LogP contribution is -2.45. The van der Waals surface area contributed by atoms with E-state index in [1.165, 1.54) is 10.8 Å². The van der Waals surface area contributed by atoms with Crippen molar-refractivity contribution in [3.05, 3.63) is 76.3 Å². The third-order valence-corrected chi connectivity index (χ3v) is 7.24. The monoisotopic (exact) mass is 479 g/mol. The Morgan fingerprint density at radius 2 is 2.03 bits per heavy atom. The van der Waals surface area contributed by atoms with Crippen molar-refractivity contribution in [3.63, 3.8) is 0 Å². The second-order valence-electron chi connectivity index (χ2n) is 7.82. The predicted octanol–water partition coefficient (Wildman–Crippen LogP) is 3.10. The number of benzene rings is 1. The van der Waals surface area contributed by atoms with Crippen molar-refractivity contribution in [2.45, 2.75) is 17.4 Å². The van der Waals surface area contributed by atoms with E-state index in [4.69, 9.17) is 16.7 Å². The molecule has 33 heavy (non-hydrogen) atoms. The molecule has 0 bridgehead atoms. The van der Waals surface area contributed by atoms with Gasteiger partial charge in [0.25, 0.3) is 5.56 Å². The molecule has 0 spiro atoms. The van der Waals surface area contributed by atoms with Crippen molar-refractivity contribution in [2.24, 2.45) is 0 Å². The van der Waals surface area contributed by atoms with Crippen molar-refractivity contribution in [3.8, 4) is 5.69 Å². The van der Waals surface area contributed by atoms with Gasteiger partial charge >= 0.3 is 0 Å². The molecule has 5 aromatic rings. The van der Waals surface area contributed by atoms with Crippen LogP contribution in [-0.4, -0.2) is 46.5 Å². The van der Waals surface area contributed by atoms with E-state index in [2.05, 4.69) is 19.9 Å². The van der Waals surface area contributed by atoms with Crippen LogP contribution in [0.5, 0.6) is 0 Å². The Morgan fingerprint density at radius 3 is 2.76 bits per heavy atom. The number of aromatic amines is 1. The summed E-state index contributed by atoms with van der Waals surface area (Å²) in [6.07, 6.45) is 7.29. The van der Waals surface area contributed by atoms with Crippen LogP contribution in [0.15, 0.2) is 64.8 Å². The van der Waals surface area contributed by atoms with Gasteiger partial charge < -0.3 is 14.4 Å². The molecular weight excluding hydrogens is 462 g/mol. The Morgan fingerprint density at radius 1 is 1.21 bits per heavy atom.